The van der Waals surface area contributed by atoms with Crippen molar-refractivity contribution in [1.82, 2.24) is 9.97 Å². The van der Waals surface area contributed by atoms with Gasteiger partial charge in [0.25, 0.3) is 0 Å². The van der Waals surface area contributed by atoms with Crippen molar-refractivity contribution < 1.29 is 4.74 Å². The molecule has 0 saturated carbocycles. The molecule has 5 heteroatoms. The van der Waals surface area contributed by atoms with E-state index in [2.05, 4.69) is 34.3 Å². The first-order valence-corrected chi connectivity index (χ1v) is 8.87. The second kappa shape index (κ2) is 8.85. The van der Waals surface area contributed by atoms with E-state index in [9.17, 15) is 0 Å². The number of benzene rings is 2. The summed E-state index contributed by atoms with van der Waals surface area (Å²) in [6.45, 7) is 2.70. The SMILES string of the molecule is CC[C@H](Nc1nc(N)ncc1CCOc1ccccc1)c1ccccc1. The highest BCUT2D eigenvalue weighted by Gasteiger charge is 2.13. The average molecular weight is 348 g/mol. The maximum Gasteiger partial charge on any atom is 0.221 e. The molecule has 1 aromatic heterocycles. The molecule has 0 radical (unpaired) electrons. The highest BCUT2D eigenvalue weighted by molar-refractivity contribution is 5.48. The van der Waals surface area contributed by atoms with E-state index >= 15 is 0 Å². The molecule has 1 atom stereocenters. The molecule has 2 aromatic carbocycles. The van der Waals surface area contributed by atoms with Gasteiger partial charge < -0.3 is 15.8 Å². The van der Waals surface area contributed by atoms with E-state index in [1.165, 1.54) is 5.56 Å². The maximum absolute atomic E-state index is 5.81. The van der Waals surface area contributed by atoms with Gasteiger partial charge in [0, 0.05) is 18.2 Å². The second-order valence-electron chi connectivity index (χ2n) is 6.03. The Morgan fingerprint density at radius 2 is 1.73 bits per heavy atom. The van der Waals surface area contributed by atoms with E-state index in [4.69, 9.17) is 10.5 Å². The van der Waals surface area contributed by atoms with Crippen LogP contribution in [0.5, 0.6) is 5.75 Å². The molecule has 0 unspecified atom stereocenters. The molecule has 0 aliphatic carbocycles. The number of para-hydroxylation sites is 1. The highest BCUT2D eigenvalue weighted by atomic mass is 16.5. The third-order valence-electron chi connectivity index (χ3n) is 4.19. The molecule has 0 saturated heterocycles. The number of nitrogens with one attached hydrogen (secondary N) is 1. The van der Waals surface area contributed by atoms with Gasteiger partial charge in [-0.05, 0) is 24.1 Å². The molecule has 3 aromatic rings. The van der Waals surface area contributed by atoms with E-state index in [1.807, 2.05) is 48.5 Å². The molecule has 26 heavy (non-hydrogen) atoms. The van der Waals surface area contributed by atoms with Gasteiger partial charge in [0.2, 0.25) is 5.95 Å². The Morgan fingerprint density at radius 1 is 1.04 bits per heavy atom. The molecule has 0 spiro atoms. The van der Waals surface area contributed by atoms with Gasteiger partial charge in [-0.1, -0.05) is 55.5 Å². The van der Waals surface area contributed by atoms with Crippen LogP contribution in [0.2, 0.25) is 0 Å². The summed E-state index contributed by atoms with van der Waals surface area (Å²) in [5.41, 5.74) is 8.02. The smallest absolute Gasteiger partial charge is 0.221 e. The summed E-state index contributed by atoms with van der Waals surface area (Å²) in [6, 6.07) is 20.3. The lowest BCUT2D eigenvalue weighted by Gasteiger charge is -2.20. The monoisotopic (exact) mass is 348 g/mol. The molecule has 1 heterocycles. The first-order valence-electron chi connectivity index (χ1n) is 8.87. The molecule has 5 nitrogen and oxygen atoms in total. The number of nitrogen functional groups attached to an aromatic ring is 1. The Kier molecular flexibility index (Phi) is 6.04. The molecule has 0 fully saturated rings. The van der Waals surface area contributed by atoms with Crippen LogP contribution in [0.25, 0.3) is 0 Å². The maximum atomic E-state index is 5.81. The summed E-state index contributed by atoms with van der Waals surface area (Å²) in [5.74, 6) is 1.89. The van der Waals surface area contributed by atoms with Crippen LogP contribution in [-0.4, -0.2) is 16.6 Å². The minimum absolute atomic E-state index is 0.166. The standard InChI is InChI=1S/C21H24N4O/c1-2-19(16-9-5-3-6-10-16)24-20-17(15-23-21(22)25-20)13-14-26-18-11-7-4-8-12-18/h3-12,15,19H,2,13-14H2,1H3,(H3,22,23,24,25)/t19-/m0/s1. The van der Waals surface area contributed by atoms with Crippen LogP contribution in [-0.2, 0) is 6.42 Å². The lowest BCUT2D eigenvalue weighted by molar-refractivity contribution is 0.322. The molecule has 0 aliphatic rings. The Labute approximate surface area is 154 Å². The van der Waals surface area contributed by atoms with Crippen molar-refractivity contribution in [3.05, 3.63) is 78.0 Å². The van der Waals surface area contributed by atoms with Crippen molar-refractivity contribution in [2.45, 2.75) is 25.8 Å². The molecule has 0 aliphatic heterocycles. The third kappa shape index (κ3) is 4.72. The number of ether oxygens (including phenoxy) is 1. The number of anilines is 2. The Hall–Kier alpha value is -3.08. The number of aromatic nitrogens is 2. The van der Waals surface area contributed by atoms with Crippen LogP contribution in [0, 0.1) is 0 Å². The summed E-state index contributed by atoms with van der Waals surface area (Å²) in [7, 11) is 0. The van der Waals surface area contributed by atoms with Gasteiger partial charge in [-0.15, -0.1) is 0 Å². The average Bonchev–Trinajstić information content (AvgIpc) is 2.69. The number of nitrogens with zero attached hydrogens (tertiary/aromatic N) is 2. The van der Waals surface area contributed by atoms with Crippen LogP contribution in [0.1, 0.15) is 30.5 Å². The zero-order chi connectivity index (χ0) is 18.2. The van der Waals surface area contributed by atoms with Crippen molar-refractivity contribution >= 4 is 11.8 Å². The summed E-state index contributed by atoms with van der Waals surface area (Å²) in [4.78, 5) is 8.55. The minimum Gasteiger partial charge on any atom is -0.493 e. The van der Waals surface area contributed by atoms with Gasteiger partial charge in [0.15, 0.2) is 0 Å². The van der Waals surface area contributed by atoms with Crippen LogP contribution < -0.4 is 15.8 Å². The molecule has 3 N–H and O–H groups in total. The first-order chi connectivity index (χ1) is 12.8. The molecule has 0 bridgehead atoms. The fourth-order valence-corrected chi connectivity index (χ4v) is 2.80. The summed E-state index contributed by atoms with van der Waals surface area (Å²) in [6.07, 6.45) is 3.41. The topological polar surface area (TPSA) is 73.1 Å². The third-order valence-corrected chi connectivity index (χ3v) is 4.19. The van der Waals surface area contributed by atoms with Crippen LogP contribution in [0.3, 0.4) is 0 Å². The predicted octanol–water partition coefficient (Wildman–Crippen LogP) is 4.24. The number of hydrogen-bond acceptors (Lipinski definition) is 5. The number of rotatable bonds is 8. The van der Waals surface area contributed by atoms with Crippen LogP contribution in [0.15, 0.2) is 66.9 Å². The van der Waals surface area contributed by atoms with Crippen molar-refractivity contribution in [2.24, 2.45) is 0 Å². The first kappa shape index (κ1) is 17.7. The second-order valence-corrected chi connectivity index (χ2v) is 6.03. The lowest BCUT2D eigenvalue weighted by atomic mass is 10.0. The van der Waals surface area contributed by atoms with Crippen molar-refractivity contribution in [3.63, 3.8) is 0 Å². The quantitative estimate of drug-likeness (QED) is 0.637. The number of hydrogen-bond donors (Lipinski definition) is 2. The van der Waals surface area contributed by atoms with E-state index < -0.39 is 0 Å². The summed E-state index contributed by atoms with van der Waals surface area (Å²) in [5, 5.41) is 3.52. The van der Waals surface area contributed by atoms with E-state index in [-0.39, 0.29) is 12.0 Å². The Balaban J connectivity index is 1.71. The van der Waals surface area contributed by atoms with Gasteiger partial charge in [0.05, 0.1) is 12.6 Å². The van der Waals surface area contributed by atoms with Gasteiger partial charge in [-0.3, -0.25) is 0 Å². The van der Waals surface area contributed by atoms with Gasteiger partial charge in [-0.2, -0.15) is 4.98 Å². The Bertz CT molecular complexity index is 809. The molecule has 3 rings (SSSR count). The van der Waals surface area contributed by atoms with E-state index in [1.54, 1.807) is 6.20 Å². The predicted molar refractivity (Wildman–Crippen MR) is 105 cm³/mol. The fraction of sp³-hybridized carbons (Fsp3) is 0.238. The van der Waals surface area contributed by atoms with Crippen molar-refractivity contribution in [3.8, 4) is 5.75 Å². The van der Waals surface area contributed by atoms with Crippen molar-refractivity contribution in [1.29, 1.82) is 0 Å². The van der Waals surface area contributed by atoms with E-state index in [0.29, 0.717) is 13.0 Å². The van der Waals surface area contributed by atoms with Crippen LogP contribution >= 0.6 is 0 Å². The zero-order valence-electron chi connectivity index (χ0n) is 14.9. The fourth-order valence-electron chi connectivity index (χ4n) is 2.80. The van der Waals surface area contributed by atoms with Crippen molar-refractivity contribution in [2.75, 3.05) is 17.7 Å². The normalized spacial score (nSPS) is 11.7. The molecule has 134 valence electrons. The minimum atomic E-state index is 0.166. The molecule has 0 amide bonds. The largest absolute Gasteiger partial charge is 0.493 e. The van der Waals surface area contributed by atoms with Gasteiger partial charge in [-0.25, -0.2) is 4.98 Å². The van der Waals surface area contributed by atoms with Crippen LogP contribution in [0.4, 0.5) is 11.8 Å². The van der Waals surface area contributed by atoms with Gasteiger partial charge >= 0.3 is 0 Å². The summed E-state index contributed by atoms with van der Waals surface area (Å²) < 4.78 is 5.80. The Morgan fingerprint density at radius 3 is 2.42 bits per heavy atom. The molecular weight excluding hydrogens is 324 g/mol. The zero-order valence-corrected chi connectivity index (χ0v) is 14.9. The lowest BCUT2D eigenvalue weighted by Crippen LogP contribution is -2.15. The molecular formula is C21H24N4O. The number of nitrogens with two attached hydrogens (primary N) is 1. The highest BCUT2D eigenvalue weighted by Crippen LogP contribution is 2.24. The summed E-state index contributed by atoms with van der Waals surface area (Å²) >= 11 is 0. The van der Waals surface area contributed by atoms with Gasteiger partial charge in [0.1, 0.15) is 11.6 Å². The van der Waals surface area contributed by atoms with E-state index in [0.717, 1.165) is 23.6 Å².